The van der Waals surface area contributed by atoms with Gasteiger partial charge in [0.05, 0.1) is 7.11 Å². The van der Waals surface area contributed by atoms with E-state index in [2.05, 4.69) is 63.1 Å². The van der Waals surface area contributed by atoms with Gasteiger partial charge in [0.25, 0.3) is 0 Å². The van der Waals surface area contributed by atoms with Gasteiger partial charge in [-0.3, -0.25) is 4.79 Å². The Morgan fingerprint density at radius 2 is 1.50 bits per heavy atom. The van der Waals surface area contributed by atoms with E-state index in [0.717, 1.165) is 0 Å². The van der Waals surface area contributed by atoms with Crippen molar-refractivity contribution in [3.8, 4) is 11.5 Å². The van der Waals surface area contributed by atoms with Crippen molar-refractivity contribution in [3.05, 3.63) is 11.8 Å². The zero-order chi connectivity index (χ0) is 17.5. The molecule has 0 saturated carbocycles. The number of methoxy groups -OCH3 is 1. The lowest BCUT2D eigenvalue weighted by Crippen LogP contribution is -2.43. The third kappa shape index (κ3) is 5.02. The molecule has 0 radical (unpaired) electrons. The highest BCUT2D eigenvalue weighted by Crippen LogP contribution is 2.40. The Balaban J connectivity index is 5.73. The maximum Gasteiger partial charge on any atom is 0.355 e. The first-order valence-corrected chi connectivity index (χ1v) is 9.91. The first-order chi connectivity index (χ1) is 10.1. The van der Waals surface area contributed by atoms with Crippen molar-refractivity contribution in [2.45, 2.75) is 65.1 Å². The molecule has 1 amide bonds. The Kier molecular flexibility index (Phi) is 8.18. The van der Waals surface area contributed by atoms with Crippen molar-refractivity contribution >= 4 is 20.0 Å². The summed E-state index contributed by atoms with van der Waals surface area (Å²) in [6, 6.07) is 0. The van der Waals surface area contributed by atoms with Crippen LogP contribution in [0.25, 0.3) is 0 Å². The Morgan fingerprint density at radius 3 is 1.82 bits per heavy atom. The van der Waals surface area contributed by atoms with Crippen LogP contribution in [0.5, 0.6) is 0 Å². The second kappa shape index (κ2) is 8.79. The van der Waals surface area contributed by atoms with E-state index in [1.807, 2.05) is 0 Å². The lowest BCUT2D eigenvalue weighted by atomic mass is 10.4. The molecule has 0 fully saturated rings. The van der Waals surface area contributed by atoms with Crippen molar-refractivity contribution in [1.29, 1.82) is 0 Å². The predicted molar refractivity (Wildman–Crippen MR) is 92.7 cm³/mol. The van der Waals surface area contributed by atoms with Crippen LogP contribution in [0.3, 0.4) is 0 Å². The molecule has 0 aliphatic heterocycles. The van der Waals surface area contributed by atoms with Crippen LogP contribution in [0.2, 0.25) is 16.6 Å². The van der Waals surface area contributed by atoms with Gasteiger partial charge in [-0.15, -0.1) is 5.54 Å². The highest BCUT2D eigenvalue weighted by Gasteiger charge is 2.41. The Bertz CT molecular complexity index is 474. The number of carbonyl (C=O) groups excluding carboxylic acids is 2. The molecule has 124 valence electrons. The number of rotatable bonds is 5. The van der Waals surface area contributed by atoms with Gasteiger partial charge in [0.2, 0.25) is 5.91 Å². The number of ether oxygens (including phenoxy) is 1. The second-order valence-electron chi connectivity index (χ2n) is 6.40. The fourth-order valence-corrected chi connectivity index (χ4v) is 8.30. The summed E-state index contributed by atoms with van der Waals surface area (Å²) in [5.41, 5.74) is 5.08. The fourth-order valence-electron chi connectivity index (χ4n) is 3.11. The SMILES string of the molecule is COC(=O)/C(=C/C#C[Si](C(C)C)(C(C)C)C(C)C)NC(C)=O. The summed E-state index contributed by atoms with van der Waals surface area (Å²) in [5.74, 6) is 2.12. The van der Waals surface area contributed by atoms with Gasteiger partial charge in [-0.2, -0.15) is 0 Å². The molecule has 0 saturated heterocycles. The summed E-state index contributed by atoms with van der Waals surface area (Å²) >= 11 is 0. The number of hydrogen-bond acceptors (Lipinski definition) is 3. The highest BCUT2D eigenvalue weighted by molar-refractivity contribution is 6.90. The first-order valence-electron chi connectivity index (χ1n) is 7.68. The predicted octanol–water partition coefficient (Wildman–Crippen LogP) is 3.40. The zero-order valence-electron chi connectivity index (χ0n) is 15.0. The summed E-state index contributed by atoms with van der Waals surface area (Å²) in [6.07, 6.45) is 1.46. The molecule has 0 rings (SSSR count). The minimum absolute atomic E-state index is 0.0849. The van der Waals surface area contributed by atoms with Crippen molar-refractivity contribution in [1.82, 2.24) is 5.32 Å². The lowest BCUT2D eigenvalue weighted by molar-refractivity contribution is -0.137. The average Bonchev–Trinajstić information content (AvgIpc) is 2.39. The van der Waals surface area contributed by atoms with Crippen molar-refractivity contribution in [2.24, 2.45) is 0 Å². The van der Waals surface area contributed by atoms with E-state index in [9.17, 15) is 9.59 Å². The van der Waals surface area contributed by atoms with Crippen LogP contribution in [-0.4, -0.2) is 27.1 Å². The van der Waals surface area contributed by atoms with Gasteiger partial charge < -0.3 is 10.1 Å². The molecule has 0 aliphatic rings. The van der Waals surface area contributed by atoms with Gasteiger partial charge in [-0.05, 0) is 16.6 Å². The maximum atomic E-state index is 11.6. The number of hydrogen-bond donors (Lipinski definition) is 1. The maximum absolute atomic E-state index is 11.6. The molecule has 0 aromatic rings. The molecule has 5 heteroatoms. The van der Waals surface area contributed by atoms with E-state index in [4.69, 9.17) is 0 Å². The first kappa shape index (κ1) is 20.5. The zero-order valence-corrected chi connectivity index (χ0v) is 16.0. The molecule has 0 atom stereocenters. The highest BCUT2D eigenvalue weighted by atomic mass is 28.3. The van der Waals surface area contributed by atoms with E-state index >= 15 is 0 Å². The minimum Gasteiger partial charge on any atom is -0.464 e. The number of amides is 1. The number of carbonyl (C=O) groups is 2. The molecule has 0 aliphatic carbocycles. The molecular formula is C17H29NO3Si. The molecule has 0 heterocycles. The minimum atomic E-state index is -1.85. The van der Waals surface area contributed by atoms with Crippen LogP contribution >= 0.6 is 0 Å². The molecule has 4 nitrogen and oxygen atoms in total. The third-order valence-electron chi connectivity index (χ3n) is 4.09. The van der Waals surface area contributed by atoms with E-state index in [1.54, 1.807) is 0 Å². The number of esters is 1. The molecular weight excluding hydrogens is 294 g/mol. The molecule has 0 spiro atoms. The van der Waals surface area contributed by atoms with Gasteiger partial charge in [0.15, 0.2) is 0 Å². The van der Waals surface area contributed by atoms with Crippen LogP contribution in [0.1, 0.15) is 48.5 Å². The summed E-state index contributed by atoms with van der Waals surface area (Å²) in [6.45, 7) is 14.7. The second-order valence-corrected chi connectivity index (χ2v) is 12.0. The van der Waals surface area contributed by atoms with Crippen LogP contribution in [0.4, 0.5) is 0 Å². The van der Waals surface area contributed by atoms with E-state index in [0.29, 0.717) is 16.6 Å². The van der Waals surface area contributed by atoms with E-state index < -0.39 is 14.0 Å². The van der Waals surface area contributed by atoms with Crippen molar-refractivity contribution in [2.75, 3.05) is 7.11 Å². The lowest BCUT2D eigenvalue weighted by Gasteiger charge is -2.38. The van der Waals surface area contributed by atoms with Crippen molar-refractivity contribution in [3.63, 3.8) is 0 Å². The summed E-state index contributed by atoms with van der Waals surface area (Å²) in [4.78, 5) is 22.8. The Hall–Kier alpha value is -1.54. The largest absolute Gasteiger partial charge is 0.464 e. The standard InChI is InChI=1S/C17H29NO3Si/c1-12(2)22(13(3)4,14(5)6)11-9-10-16(17(20)21-8)18-15(7)19/h10,12-14H,1-8H3,(H,18,19)/b16-10-. The molecule has 1 N–H and O–H groups in total. The topological polar surface area (TPSA) is 55.4 Å². The smallest absolute Gasteiger partial charge is 0.355 e. The fraction of sp³-hybridized carbons (Fsp3) is 0.647. The van der Waals surface area contributed by atoms with Crippen molar-refractivity contribution < 1.29 is 14.3 Å². The summed E-state index contributed by atoms with van der Waals surface area (Å²) in [7, 11) is -0.571. The molecule has 22 heavy (non-hydrogen) atoms. The Labute approximate surface area is 135 Å². The van der Waals surface area contributed by atoms with E-state index in [-0.39, 0.29) is 11.6 Å². The van der Waals surface area contributed by atoms with Gasteiger partial charge in [-0.25, -0.2) is 4.79 Å². The van der Waals surface area contributed by atoms with Crippen LogP contribution in [0.15, 0.2) is 11.8 Å². The Morgan fingerprint density at radius 1 is 1.05 bits per heavy atom. The molecule has 0 aromatic heterocycles. The van der Waals surface area contributed by atoms with Crippen LogP contribution < -0.4 is 5.32 Å². The number of allylic oxidation sites excluding steroid dienone is 1. The van der Waals surface area contributed by atoms with Gasteiger partial charge in [0.1, 0.15) is 13.8 Å². The molecule has 0 bridgehead atoms. The average molecular weight is 324 g/mol. The van der Waals surface area contributed by atoms with E-state index in [1.165, 1.54) is 20.1 Å². The van der Waals surface area contributed by atoms with Gasteiger partial charge in [0, 0.05) is 13.0 Å². The molecule has 0 aromatic carbocycles. The normalized spacial score (nSPS) is 12.2. The van der Waals surface area contributed by atoms with Crippen LogP contribution in [0, 0.1) is 11.5 Å². The third-order valence-corrected chi connectivity index (χ3v) is 10.4. The van der Waals surface area contributed by atoms with Crippen LogP contribution in [-0.2, 0) is 14.3 Å². The van der Waals surface area contributed by atoms with Gasteiger partial charge >= 0.3 is 5.97 Å². The molecule has 0 unspecified atom stereocenters. The number of nitrogens with one attached hydrogen (secondary N) is 1. The summed E-state index contributed by atoms with van der Waals surface area (Å²) < 4.78 is 4.66. The van der Waals surface area contributed by atoms with Gasteiger partial charge in [-0.1, -0.05) is 47.5 Å². The summed E-state index contributed by atoms with van der Waals surface area (Å²) in [5, 5.41) is 2.47. The quantitative estimate of drug-likeness (QED) is 0.365. The monoisotopic (exact) mass is 323 g/mol.